The molecule has 0 radical (unpaired) electrons. The number of hydrogen-bond acceptors (Lipinski definition) is 3. The summed E-state index contributed by atoms with van der Waals surface area (Å²) in [6.07, 6.45) is 3.72. The summed E-state index contributed by atoms with van der Waals surface area (Å²) in [5.41, 5.74) is 1.08. The first-order valence-electron chi connectivity index (χ1n) is 11.1. The van der Waals surface area contributed by atoms with E-state index < -0.39 is 11.9 Å². The average Bonchev–Trinajstić information content (AvgIpc) is 3.19. The molecule has 0 bridgehead atoms. The van der Waals surface area contributed by atoms with E-state index in [0.29, 0.717) is 35.4 Å². The number of alkyl halides is 3. The van der Waals surface area contributed by atoms with Gasteiger partial charge in [0.05, 0.1) is 5.69 Å². The van der Waals surface area contributed by atoms with E-state index in [-0.39, 0.29) is 22.9 Å². The Balaban J connectivity index is 1.48. The average molecular weight is 422 g/mol. The fraction of sp³-hybridized carbons (Fsp3) is 0.739. The number of rotatable bonds is 1. The van der Waals surface area contributed by atoms with Crippen molar-refractivity contribution in [1.29, 1.82) is 0 Å². The second-order valence-electron chi connectivity index (χ2n) is 10.4. The predicted octanol–water partition coefficient (Wildman–Crippen LogP) is 5.54. The van der Waals surface area contributed by atoms with Crippen LogP contribution in [0.25, 0.3) is 6.08 Å². The molecule has 4 aliphatic carbocycles. The van der Waals surface area contributed by atoms with Crippen LogP contribution >= 0.6 is 0 Å². The standard InChI is InChI=1S/C23H29F3N2O2/c1-12(29)30-19-7-6-16-14-5-4-13-10-18-15(20(28-27-18)23(24,25)26)11-22(13,3)17(14)8-9-21(16,19)2/h10,14,16-17,19H,4-9,11H2,1-3H3,(H,27,28)/t14-,16-,17-,19-,21+,22-/m1/s1. The number of aromatic amines is 1. The van der Waals surface area contributed by atoms with Crippen molar-refractivity contribution in [1.82, 2.24) is 10.2 Å². The number of carbonyl (C=O) groups excluding carboxylic acids is 1. The second kappa shape index (κ2) is 6.36. The number of hydrogen-bond donors (Lipinski definition) is 1. The lowest BCUT2D eigenvalue weighted by Crippen LogP contribution is -2.52. The predicted molar refractivity (Wildman–Crippen MR) is 105 cm³/mol. The molecule has 0 spiro atoms. The molecule has 6 atom stereocenters. The molecule has 3 fully saturated rings. The van der Waals surface area contributed by atoms with Crippen LogP contribution in [-0.2, 0) is 22.1 Å². The van der Waals surface area contributed by atoms with Crippen molar-refractivity contribution in [3.8, 4) is 0 Å². The van der Waals surface area contributed by atoms with Gasteiger partial charge in [0, 0.05) is 17.9 Å². The number of ether oxygens (including phenoxy) is 1. The maximum Gasteiger partial charge on any atom is 0.433 e. The van der Waals surface area contributed by atoms with Gasteiger partial charge in [-0.3, -0.25) is 9.89 Å². The molecule has 7 heteroatoms. The summed E-state index contributed by atoms with van der Waals surface area (Å²) in [5, 5.41) is 6.24. The van der Waals surface area contributed by atoms with Gasteiger partial charge in [0.1, 0.15) is 11.8 Å². The van der Waals surface area contributed by atoms with E-state index in [0.717, 1.165) is 38.5 Å². The van der Waals surface area contributed by atoms with Crippen LogP contribution in [0.2, 0.25) is 0 Å². The number of fused-ring (bicyclic) bond motifs is 6. The summed E-state index contributed by atoms with van der Waals surface area (Å²) in [7, 11) is 0. The molecule has 1 aromatic heterocycles. The highest BCUT2D eigenvalue weighted by atomic mass is 19.4. The lowest BCUT2D eigenvalue weighted by molar-refractivity contribution is -0.157. The van der Waals surface area contributed by atoms with Gasteiger partial charge in [-0.05, 0) is 74.2 Å². The highest BCUT2D eigenvalue weighted by Gasteiger charge is 2.60. The van der Waals surface area contributed by atoms with Gasteiger partial charge < -0.3 is 4.74 Å². The molecule has 1 N–H and O–H groups in total. The van der Waals surface area contributed by atoms with Crippen LogP contribution in [-0.4, -0.2) is 22.3 Å². The minimum absolute atomic E-state index is 0.0169. The molecule has 164 valence electrons. The van der Waals surface area contributed by atoms with Crippen molar-refractivity contribution in [3.05, 3.63) is 22.5 Å². The summed E-state index contributed by atoms with van der Waals surface area (Å²) in [6.45, 7) is 5.91. The van der Waals surface area contributed by atoms with Gasteiger partial charge in [-0.25, -0.2) is 0 Å². The van der Waals surface area contributed by atoms with E-state index >= 15 is 0 Å². The molecule has 4 nitrogen and oxygen atoms in total. The maximum absolute atomic E-state index is 13.5. The zero-order valence-electron chi connectivity index (χ0n) is 17.7. The molecular weight excluding hydrogens is 393 g/mol. The van der Waals surface area contributed by atoms with E-state index in [1.54, 1.807) is 0 Å². The normalized spacial score (nSPS) is 40.0. The number of halogens is 3. The molecule has 3 saturated carbocycles. The van der Waals surface area contributed by atoms with E-state index in [1.165, 1.54) is 12.5 Å². The number of H-pyrrole nitrogens is 1. The molecular formula is C23H29F3N2O2. The summed E-state index contributed by atoms with van der Waals surface area (Å²) in [4.78, 5) is 11.6. The molecule has 30 heavy (non-hydrogen) atoms. The van der Waals surface area contributed by atoms with Crippen molar-refractivity contribution in [3.63, 3.8) is 0 Å². The topological polar surface area (TPSA) is 55.0 Å². The highest BCUT2D eigenvalue weighted by molar-refractivity contribution is 5.66. The summed E-state index contributed by atoms with van der Waals surface area (Å²) in [5.74, 6) is 1.07. The lowest BCUT2D eigenvalue weighted by Gasteiger charge is -2.57. The van der Waals surface area contributed by atoms with Gasteiger partial charge in [-0.15, -0.1) is 0 Å². The third-order valence-corrected chi connectivity index (χ3v) is 8.99. The minimum atomic E-state index is -4.41. The Morgan fingerprint density at radius 1 is 1.20 bits per heavy atom. The number of aromatic nitrogens is 2. The van der Waals surface area contributed by atoms with Gasteiger partial charge >= 0.3 is 12.1 Å². The van der Waals surface area contributed by atoms with E-state index in [9.17, 15) is 18.0 Å². The quantitative estimate of drug-likeness (QED) is 0.605. The first kappa shape index (κ1) is 20.1. The fourth-order valence-electron chi connectivity index (χ4n) is 7.60. The molecule has 0 aliphatic heterocycles. The molecule has 0 aromatic carbocycles. The van der Waals surface area contributed by atoms with E-state index in [4.69, 9.17) is 4.74 Å². The second-order valence-corrected chi connectivity index (χ2v) is 10.4. The zero-order chi connectivity index (χ0) is 21.5. The SMILES string of the molecule is CC(=O)O[C@@H]1CC[C@@H]2[C@H]3CCC4=Cc5n[nH]c(C(F)(F)F)c5C[C@@]4(C)[C@@H]3CC[C@@]21C. The van der Waals surface area contributed by atoms with Crippen LogP contribution in [0.3, 0.4) is 0 Å². The number of nitrogens with one attached hydrogen (secondary N) is 1. The lowest BCUT2D eigenvalue weighted by atomic mass is 9.47. The molecule has 0 saturated heterocycles. The van der Waals surface area contributed by atoms with Crippen LogP contribution in [0.1, 0.15) is 76.2 Å². The largest absolute Gasteiger partial charge is 0.462 e. The number of nitrogens with zero attached hydrogens (tertiary/aromatic N) is 1. The van der Waals surface area contributed by atoms with Gasteiger partial charge in [0.25, 0.3) is 0 Å². The van der Waals surface area contributed by atoms with Crippen LogP contribution in [0.15, 0.2) is 5.57 Å². The van der Waals surface area contributed by atoms with Crippen molar-refractivity contribution < 1.29 is 22.7 Å². The minimum Gasteiger partial charge on any atom is -0.462 e. The molecule has 0 amide bonds. The number of allylic oxidation sites excluding steroid dienone is 1. The van der Waals surface area contributed by atoms with Crippen molar-refractivity contribution in [2.45, 2.75) is 78.0 Å². The molecule has 1 aromatic rings. The van der Waals surface area contributed by atoms with Crippen LogP contribution in [0.5, 0.6) is 0 Å². The van der Waals surface area contributed by atoms with Crippen molar-refractivity contribution >= 4 is 12.0 Å². The van der Waals surface area contributed by atoms with E-state index in [2.05, 4.69) is 24.0 Å². The van der Waals surface area contributed by atoms with Gasteiger partial charge in [0.2, 0.25) is 0 Å². The van der Waals surface area contributed by atoms with Gasteiger partial charge in [-0.1, -0.05) is 19.4 Å². The Morgan fingerprint density at radius 2 is 1.97 bits per heavy atom. The Labute approximate surface area is 174 Å². The summed E-state index contributed by atoms with van der Waals surface area (Å²) >= 11 is 0. The van der Waals surface area contributed by atoms with Gasteiger partial charge in [-0.2, -0.15) is 18.3 Å². The zero-order valence-corrected chi connectivity index (χ0v) is 17.7. The monoisotopic (exact) mass is 422 g/mol. The number of esters is 1. The van der Waals surface area contributed by atoms with Crippen LogP contribution in [0.4, 0.5) is 13.2 Å². The van der Waals surface area contributed by atoms with Gasteiger partial charge in [0.15, 0.2) is 0 Å². The van der Waals surface area contributed by atoms with E-state index in [1.807, 2.05) is 6.08 Å². The Morgan fingerprint density at radius 3 is 2.67 bits per heavy atom. The fourth-order valence-corrected chi connectivity index (χ4v) is 7.60. The van der Waals surface area contributed by atoms with Crippen molar-refractivity contribution in [2.75, 3.05) is 0 Å². The summed E-state index contributed by atoms with van der Waals surface area (Å²) in [6, 6.07) is 0. The molecule has 1 heterocycles. The highest BCUT2D eigenvalue weighted by Crippen LogP contribution is 2.65. The Kier molecular flexibility index (Phi) is 4.27. The smallest absolute Gasteiger partial charge is 0.433 e. The van der Waals surface area contributed by atoms with Crippen LogP contribution in [0, 0.1) is 28.6 Å². The Hall–Kier alpha value is -1.79. The first-order chi connectivity index (χ1) is 14.0. The number of carbonyl (C=O) groups is 1. The van der Waals surface area contributed by atoms with Crippen LogP contribution < -0.4 is 0 Å². The summed E-state index contributed by atoms with van der Waals surface area (Å²) < 4.78 is 46.3. The molecule has 5 rings (SSSR count). The molecule has 4 aliphatic rings. The Bertz CT molecular complexity index is 920. The third-order valence-electron chi connectivity index (χ3n) is 8.99. The first-order valence-corrected chi connectivity index (χ1v) is 11.1. The third kappa shape index (κ3) is 2.72. The maximum atomic E-state index is 13.5. The molecule has 0 unspecified atom stereocenters. The van der Waals surface area contributed by atoms with Crippen molar-refractivity contribution in [2.24, 2.45) is 28.6 Å².